The maximum Gasteiger partial charge on any atom is 0.252 e. The van der Waals surface area contributed by atoms with Crippen LogP contribution >= 0.6 is 0 Å². The number of nitrogens with zero attached hydrogens (tertiary/aromatic N) is 1. The fourth-order valence-electron chi connectivity index (χ4n) is 3.62. The Balaban J connectivity index is 2.10. The molecule has 2 rings (SSSR count). The molecule has 1 aliphatic rings. The SMILES string of the molecule is CCCNC(=O)C(NC(=O)c1ccccc1C)C1CCN(C(=O)C(C)C)CC1. The van der Waals surface area contributed by atoms with Gasteiger partial charge in [-0.25, -0.2) is 0 Å². The van der Waals surface area contributed by atoms with E-state index < -0.39 is 6.04 Å². The van der Waals surface area contributed by atoms with Crippen molar-refractivity contribution in [3.63, 3.8) is 0 Å². The van der Waals surface area contributed by atoms with E-state index >= 15 is 0 Å². The Labute approximate surface area is 168 Å². The summed E-state index contributed by atoms with van der Waals surface area (Å²) < 4.78 is 0. The molecular formula is C22H33N3O3. The third-order valence-electron chi connectivity index (χ3n) is 5.32. The quantitative estimate of drug-likeness (QED) is 0.755. The molecule has 1 fully saturated rings. The molecule has 0 saturated carbocycles. The van der Waals surface area contributed by atoms with Gasteiger partial charge in [0.25, 0.3) is 5.91 Å². The third-order valence-corrected chi connectivity index (χ3v) is 5.32. The number of piperidine rings is 1. The number of carbonyl (C=O) groups excluding carboxylic acids is 3. The van der Waals surface area contributed by atoms with Gasteiger partial charge in [0.05, 0.1) is 0 Å². The van der Waals surface area contributed by atoms with Crippen LogP contribution in [0.2, 0.25) is 0 Å². The number of hydrogen-bond donors (Lipinski definition) is 2. The minimum absolute atomic E-state index is 0.0148. The van der Waals surface area contributed by atoms with E-state index in [0.29, 0.717) is 38.0 Å². The number of nitrogens with one attached hydrogen (secondary N) is 2. The molecule has 2 N–H and O–H groups in total. The van der Waals surface area contributed by atoms with E-state index in [2.05, 4.69) is 10.6 Å². The van der Waals surface area contributed by atoms with Gasteiger partial charge in [0.1, 0.15) is 6.04 Å². The number of aryl methyl sites for hydroxylation is 1. The summed E-state index contributed by atoms with van der Waals surface area (Å²) in [4.78, 5) is 39.7. The fraction of sp³-hybridized carbons (Fsp3) is 0.591. The summed E-state index contributed by atoms with van der Waals surface area (Å²) in [6.45, 7) is 9.52. The van der Waals surface area contributed by atoms with E-state index in [0.717, 1.165) is 12.0 Å². The second kappa shape index (κ2) is 10.2. The van der Waals surface area contributed by atoms with Crippen molar-refractivity contribution in [2.45, 2.75) is 53.0 Å². The predicted molar refractivity (Wildman–Crippen MR) is 110 cm³/mol. The number of carbonyl (C=O) groups is 3. The van der Waals surface area contributed by atoms with Crippen molar-refractivity contribution in [1.82, 2.24) is 15.5 Å². The summed E-state index contributed by atoms with van der Waals surface area (Å²) in [5.41, 5.74) is 1.47. The highest BCUT2D eigenvalue weighted by atomic mass is 16.2. The molecule has 0 bridgehead atoms. The zero-order valence-electron chi connectivity index (χ0n) is 17.5. The zero-order chi connectivity index (χ0) is 20.7. The monoisotopic (exact) mass is 387 g/mol. The number of rotatable bonds is 7. The molecule has 0 aromatic heterocycles. The standard InChI is InChI=1S/C22H33N3O3/c1-5-12-23-21(27)19(24-20(26)18-9-7-6-8-16(18)4)17-10-13-25(14-11-17)22(28)15(2)3/h6-9,15,17,19H,5,10-14H2,1-4H3,(H,23,27)(H,24,26). The molecule has 0 aliphatic carbocycles. The molecule has 1 aromatic carbocycles. The molecule has 1 unspecified atom stereocenters. The maximum atomic E-state index is 12.8. The average molecular weight is 388 g/mol. The van der Waals surface area contributed by atoms with Gasteiger partial charge in [0.2, 0.25) is 11.8 Å². The molecule has 28 heavy (non-hydrogen) atoms. The summed E-state index contributed by atoms with van der Waals surface area (Å²) in [7, 11) is 0. The van der Waals surface area contributed by atoms with E-state index in [4.69, 9.17) is 0 Å². The lowest BCUT2D eigenvalue weighted by atomic mass is 9.88. The van der Waals surface area contributed by atoms with Crippen molar-refractivity contribution >= 4 is 17.7 Å². The highest BCUT2D eigenvalue weighted by Gasteiger charge is 2.34. The normalized spacial score (nSPS) is 16.0. The smallest absolute Gasteiger partial charge is 0.252 e. The second-order valence-electron chi connectivity index (χ2n) is 7.87. The number of likely N-dealkylation sites (tertiary alicyclic amines) is 1. The van der Waals surface area contributed by atoms with Gasteiger partial charge in [0.15, 0.2) is 0 Å². The number of amides is 3. The van der Waals surface area contributed by atoms with Crippen LogP contribution in [0.1, 0.15) is 56.0 Å². The first-order valence-corrected chi connectivity index (χ1v) is 10.3. The van der Waals surface area contributed by atoms with Crippen LogP contribution in [0.5, 0.6) is 0 Å². The molecule has 1 saturated heterocycles. The predicted octanol–water partition coefficient (Wildman–Crippen LogP) is 2.51. The van der Waals surface area contributed by atoms with Crippen molar-refractivity contribution in [1.29, 1.82) is 0 Å². The van der Waals surface area contributed by atoms with Gasteiger partial charge in [0, 0.05) is 31.1 Å². The van der Waals surface area contributed by atoms with E-state index in [-0.39, 0.29) is 29.6 Å². The van der Waals surface area contributed by atoms with Gasteiger partial charge in [-0.1, -0.05) is 39.0 Å². The molecule has 1 heterocycles. The lowest BCUT2D eigenvalue weighted by Gasteiger charge is -2.36. The Bertz CT molecular complexity index is 694. The Hall–Kier alpha value is -2.37. The Morgan fingerprint density at radius 1 is 1.14 bits per heavy atom. The summed E-state index contributed by atoms with van der Waals surface area (Å²) in [5.74, 6) is -0.232. The van der Waals surface area contributed by atoms with Gasteiger partial charge in [-0.15, -0.1) is 0 Å². The molecule has 154 valence electrons. The van der Waals surface area contributed by atoms with E-state index in [1.165, 1.54) is 0 Å². The first-order valence-electron chi connectivity index (χ1n) is 10.3. The van der Waals surface area contributed by atoms with Crippen molar-refractivity contribution in [3.05, 3.63) is 35.4 Å². The largest absolute Gasteiger partial charge is 0.354 e. The Kier molecular flexibility index (Phi) is 8.03. The van der Waals surface area contributed by atoms with Crippen molar-refractivity contribution in [2.75, 3.05) is 19.6 Å². The fourth-order valence-corrected chi connectivity index (χ4v) is 3.62. The molecule has 3 amide bonds. The van der Waals surface area contributed by atoms with Gasteiger partial charge in [-0.05, 0) is 43.7 Å². The van der Waals surface area contributed by atoms with Crippen LogP contribution in [0, 0.1) is 18.8 Å². The van der Waals surface area contributed by atoms with Gasteiger partial charge < -0.3 is 15.5 Å². The van der Waals surface area contributed by atoms with Gasteiger partial charge in [-0.2, -0.15) is 0 Å². The molecule has 6 nitrogen and oxygen atoms in total. The van der Waals surface area contributed by atoms with Crippen molar-refractivity contribution < 1.29 is 14.4 Å². The summed E-state index contributed by atoms with van der Waals surface area (Å²) >= 11 is 0. The highest BCUT2D eigenvalue weighted by Crippen LogP contribution is 2.23. The Morgan fingerprint density at radius 2 is 1.79 bits per heavy atom. The molecule has 1 aliphatic heterocycles. The lowest BCUT2D eigenvalue weighted by molar-refractivity contribution is -0.136. The number of hydrogen-bond acceptors (Lipinski definition) is 3. The van der Waals surface area contributed by atoms with E-state index in [9.17, 15) is 14.4 Å². The number of benzene rings is 1. The summed E-state index contributed by atoms with van der Waals surface area (Å²) in [6, 6.07) is 6.78. The molecule has 1 atom stereocenters. The second-order valence-corrected chi connectivity index (χ2v) is 7.87. The molecule has 6 heteroatoms. The lowest BCUT2D eigenvalue weighted by Crippen LogP contribution is -2.54. The van der Waals surface area contributed by atoms with Crippen molar-refractivity contribution in [2.24, 2.45) is 11.8 Å². The van der Waals surface area contributed by atoms with Crippen LogP contribution in [0.15, 0.2) is 24.3 Å². The maximum absolute atomic E-state index is 12.8. The highest BCUT2D eigenvalue weighted by molar-refractivity contribution is 5.98. The topological polar surface area (TPSA) is 78.5 Å². The summed E-state index contributed by atoms with van der Waals surface area (Å²) in [5, 5.41) is 5.88. The van der Waals surface area contributed by atoms with Crippen molar-refractivity contribution in [3.8, 4) is 0 Å². The van der Waals surface area contributed by atoms with Crippen LogP contribution in [0.3, 0.4) is 0 Å². The van der Waals surface area contributed by atoms with Crippen LogP contribution < -0.4 is 10.6 Å². The van der Waals surface area contributed by atoms with E-state index in [1.807, 2.05) is 50.8 Å². The zero-order valence-corrected chi connectivity index (χ0v) is 17.5. The molecule has 1 aromatic rings. The first kappa shape index (κ1) is 21.9. The van der Waals surface area contributed by atoms with Crippen LogP contribution in [-0.2, 0) is 9.59 Å². The minimum atomic E-state index is -0.588. The van der Waals surface area contributed by atoms with Gasteiger partial charge in [-0.3, -0.25) is 14.4 Å². The summed E-state index contributed by atoms with van der Waals surface area (Å²) in [6.07, 6.45) is 2.25. The molecule has 0 spiro atoms. The van der Waals surface area contributed by atoms with Crippen LogP contribution in [-0.4, -0.2) is 48.3 Å². The van der Waals surface area contributed by atoms with Crippen LogP contribution in [0.25, 0.3) is 0 Å². The minimum Gasteiger partial charge on any atom is -0.354 e. The van der Waals surface area contributed by atoms with Crippen LogP contribution in [0.4, 0.5) is 0 Å². The van der Waals surface area contributed by atoms with E-state index in [1.54, 1.807) is 6.07 Å². The average Bonchev–Trinajstić information content (AvgIpc) is 2.69. The Morgan fingerprint density at radius 3 is 2.36 bits per heavy atom. The molecular weight excluding hydrogens is 354 g/mol. The third kappa shape index (κ3) is 5.57. The molecule has 0 radical (unpaired) electrons. The first-order chi connectivity index (χ1) is 13.3. The van der Waals surface area contributed by atoms with Gasteiger partial charge >= 0.3 is 0 Å².